The number of nitrogens with zero attached hydrogens (tertiary/aromatic N) is 2. The van der Waals surface area contributed by atoms with Crippen molar-refractivity contribution < 1.29 is 13.9 Å². The van der Waals surface area contributed by atoms with Crippen LogP contribution in [0.1, 0.15) is 25.3 Å². The Morgan fingerprint density at radius 1 is 1.18 bits per heavy atom. The van der Waals surface area contributed by atoms with Gasteiger partial charge in [0.25, 0.3) is 5.91 Å². The molecule has 0 aliphatic carbocycles. The molecule has 1 aromatic heterocycles. The van der Waals surface area contributed by atoms with Gasteiger partial charge in [-0.25, -0.2) is 4.98 Å². The van der Waals surface area contributed by atoms with Crippen LogP contribution >= 0.6 is 0 Å². The highest BCUT2D eigenvalue weighted by atomic mass is 16.5. The maximum atomic E-state index is 12.7. The third kappa shape index (κ3) is 4.57. The van der Waals surface area contributed by atoms with Gasteiger partial charge in [-0.2, -0.15) is 5.26 Å². The number of benzene rings is 2. The number of oxazole rings is 1. The number of nitriles is 1. The Bertz CT molecular complexity index is 974. The van der Waals surface area contributed by atoms with Gasteiger partial charge in [0.05, 0.1) is 18.3 Å². The van der Waals surface area contributed by atoms with Gasteiger partial charge in [-0.05, 0) is 18.1 Å². The first-order valence-electron chi connectivity index (χ1n) is 9.02. The quantitative estimate of drug-likeness (QED) is 0.676. The first kappa shape index (κ1) is 19.2. The smallest absolute Gasteiger partial charge is 0.261 e. The van der Waals surface area contributed by atoms with Crippen molar-refractivity contribution in [3.05, 3.63) is 72.2 Å². The van der Waals surface area contributed by atoms with Crippen molar-refractivity contribution in [1.82, 2.24) is 10.3 Å². The lowest BCUT2D eigenvalue weighted by Crippen LogP contribution is -2.41. The minimum absolute atomic E-state index is 0.0869. The predicted octanol–water partition coefficient (Wildman–Crippen LogP) is 3.93. The molecule has 0 saturated heterocycles. The summed E-state index contributed by atoms with van der Waals surface area (Å²) < 4.78 is 11.5. The monoisotopic (exact) mass is 375 g/mol. The summed E-state index contributed by atoms with van der Waals surface area (Å²) in [6.07, 6.45) is 0.897. The van der Waals surface area contributed by atoms with Crippen LogP contribution in [-0.2, 0) is 11.3 Å². The van der Waals surface area contributed by atoms with E-state index in [1.54, 1.807) is 30.5 Å². The topological polar surface area (TPSA) is 88.1 Å². The van der Waals surface area contributed by atoms with Crippen molar-refractivity contribution in [3.63, 3.8) is 0 Å². The molecule has 0 aliphatic heterocycles. The number of nitrogens with one attached hydrogen (secondary N) is 1. The van der Waals surface area contributed by atoms with E-state index < -0.39 is 6.10 Å². The molecule has 3 aromatic rings. The normalized spacial score (nSPS) is 11.6. The van der Waals surface area contributed by atoms with E-state index in [4.69, 9.17) is 9.15 Å². The molecule has 1 N–H and O–H groups in total. The minimum atomic E-state index is -0.738. The van der Waals surface area contributed by atoms with Crippen molar-refractivity contribution >= 4 is 5.91 Å². The molecule has 142 valence electrons. The van der Waals surface area contributed by atoms with E-state index in [-0.39, 0.29) is 18.4 Å². The van der Waals surface area contributed by atoms with Gasteiger partial charge in [-0.1, -0.05) is 56.3 Å². The molecule has 0 spiro atoms. The summed E-state index contributed by atoms with van der Waals surface area (Å²) in [4.78, 5) is 16.9. The van der Waals surface area contributed by atoms with E-state index in [0.29, 0.717) is 23.0 Å². The Labute approximate surface area is 163 Å². The standard InChI is InChI=1S/C22H21N3O3/c1-15(2)21(28-18-11-7-6-10-17(18)12-23)22(26)25-14-20-24-13-19(27-20)16-8-4-3-5-9-16/h3-11,13,15,21H,14H2,1-2H3,(H,25,26). The van der Waals surface area contributed by atoms with Crippen LogP contribution in [0.5, 0.6) is 5.75 Å². The molecule has 1 unspecified atom stereocenters. The van der Waals surface area contributed by atoms with Gasteiger partial charge in [-0.3, -0.25) is 4.79 Å². The Hall–Kier alpha value is -3.59. The lowest BCUT2D eigenvalue weighted by molar-refractivity contribution is -0.130. The van der Waals surface area contributed by atoms with Crippen molar-refractivity contribution in [2.45, 2.75) is 26.5 Å². The summed E-state index contributed by atoms with van der Waals surface area (Å²) in [6, 6.07) is 18.6. The maximum Gasteiger partial charge on any atom is 0.261 e. The van der Waals surface area contributed by atoms with Crippen LogP contribution < -0.4 is 10.1 Å². The molecule has 3 rings (SSSR count). The van der Waals surface area contributed by atoms with Crippen LogP contribution in [0.4, 0.5) is 0 Å². The fourth-order valence-electron chi connectivity index (χ4n) is 2.68. The summed E-state index contributed by atoms with van der Waals surface area (Å²) in [6.45, 7) is 3.92. The van der Waals surface area contributed by atoms with Crippen LogP contribution in [0.15, 0.2) is 65.2 Å². The minimum Gasteiger partial charge on any atom is -0.479 e. The van der Waals surface area contributed by atoms with Gasteiger partial charge >= 0.3 is 0 Å². The predicted molar refractivity (Wildman–Crippen MR) is 104 cm³/mol. The Kier molecular flexibility index (Phi) is 6.07. The Balaban J connectivity index is 1.65. The van der Waals surface area contributed by atoms with Crippen molar-refractivity contribution in [2.24, 2.45) is 5.92 Å². The van der Waals surface area contributed by atoms with E-state index in [1.165, 1.54) is 0 Å². The molecule has 1 heterocycles. The van der Waals surface area contributed by atoms with E-state index in [0.717, 1.165) is 5.56 Å². The zero-order chi connectivity index (χ0) is 19.9. The van der Waals surface area contributed by atoms with Crippen molar-refractivity contribution in [1.29, 1.82) is 5.26 Å². The molecule has 0 aliphatic rings. The lowest BCUT2D eigenvalue weighted by atomic mass is 10.1. The molecule has 2 aromatic carbocycles. The zero-order valence-electron chi connectivity index (χ0n) is 15.8. The first-order valence-corrected chi connectivity index (χ1v) is 9.02. The number of carbonyl (C=O) groups excluding carboxylic acids is 1. The second-order valence-electron chi connectivity index (χ2n) is 6.59. The summed E-state index contributed by atoms with van der Waals surface area (Å²) in [7, 11) is 0. The van der Waals surface area contributed by atoms with E-state index >= 15 is 0 Å². The van der Waals surface area contributed by atoms with Crippen LogP contribution in [0.3, 0.4) is 0 Å². The maximum absolute atomic E-state index is 12.7. The SMILES string of the molecule is CC(C)C(Oc1ccccc1C#N)C(=O)NCc1ncc(-c2ccccc2)o1. The number of ether oxygens (including phenoxy) is 1. The number of rotatable bonds is 7. The molecular weight excluding hydrogens is 354 g/mol. The second-order valence-corrected chi connectivity index (χ2v) is 6.59. The zero-order valence-corrected chi connectivity index (χ0v) is 15.8. The fraction of sp³-hybridized carbons (Fsp3) is 0.227. The molecule has 0 fully saturated rings. The molecule has 6 heteroatoms. The molecular formula is C22H21N3O3. The number of hydrogen-bond acceptors (Lipinski definition) is 5. The van der Waals surface area contributed by atoms with Crippen molar-refractivity contribution in [3.8, 4) is 23.1 Å². The van der Waals surface area contributed by atoms with E-state index in [9.17, 15) is 10.1 Å². The van der Waals surface area contributed by atoms with Crippen LogP contribution in [0, 0.1) is 17.2 Å². The third-order valence-electron chi connectivity index (χ3n) is 4.15. The highest BCUT2D eigenvalue weighted by Crippen LogP contribution is 2.22. The van der Waals surface area contributed by atoms with Crippen LogP contribution in [0.2, 0.25) is 0 Å². The average Bonchev–Trinajstić information content (AvgIpc) is 3.20. The number of para-hydroxylation sites is 1. The molecule has 28 heavy (non-hydrogen) atoms. The molecule has 1 amide bonds. The highest BCUT2D eigenvalue weighted by molar-refractivity contribution is 5.81. The van der Waals surface area contributed by atoms with Gasteiger partial charge in [0, 0.05) is 5.56 Å². The summed E-state index contributed by atoms with van der Waals surface area (Å²) in [5.41, 5.74) is 1.31. The van der Waals surface area contributed by atoms with Gasteiger partial charge in [-0.15, -0.1) is 0 Å². The Morgan fingerprint density at radius 3 is 2.61 bits per heavy atom. The first-order chi connectivity index (χ1) is 13.6. The molecule has 0 radical (unpaired) electrons. The second kappa shape index (κ2) is 8.87. The Morgan fingerprint density at radius 2 is 1.89 bits per heavy atom. The van der Waals surface area contributed by atoms with Gasteiger partial charge in [0.1, 0.15) is 11.8 Å². The number of carbonyl (C=O) groups is 1. The van der Waals surface area contributed by atoms with Gasteiger partial charge < -0.3 is 14.5 Å². The third-order valence-corrected chi connectivity index (χ3v) is 4.15. The molecule has 6 nitrogen and oxygen atoms in total. The van der Waals surface area contributed by atoms with Crippen molar-refractivity contribution in [2.75, 3.05) is 0 Å². The van der Waals surface area contributed by atoms with E-state index in [2.05, 4.69) is 16.4 Å². The summed E-state index contributed by atoms with van der Waals surface area (Å²) in [5.74, 6) is 1.07. The number of amides is 1. The lowest BCUT2D eigenvalue weighted by Gasteiger charge is -2.22. The highest BCUT2D eigenvalue weighted by Gasteiger charge is 2.25. The number of aromatic nitrogens is 1. The average molecular weight is 375 g/mol. The summed E-state index contributed by atoms with van der Waals surface area (Å²) >= 11 is 0. The molecule has 0 bridgehead atoms. The fourth-order valence-corrected chi connectivity index (χ4v) is 2.68. The molecule has 1 atom stereocenters. The van der Waals surface area contributed by atoms with E-state index in [1.807, 2.05) is 44.2 Å². The van der Waals surface area contributed by atoms with Crippen LogP contribution in [0.25, 0.3) is 11.3 Å². The number of hydrogen-bond donors (Lipinski definition) is 1. The van der Waals surface area contributed by atoms with Gasteiger partial charge in [0.2, 0.25) is 5.89 Å². The van der Waals surface area contributed by atoms with Crippen LogP contribution in [-0.4, -0.2) is 17.0 Å². The van der Waals surface area contributed by atoms with Gasteiger partial charge in [0.15, 0.2) is 11.9 Å². The molecule has 0 saturated carbocycles. The largest absolute Gasteiger partial charge is 0.479 e. The summed E-state index contributed by atoms with van der Waals surface area (Å²) in [5, 5.41) is 12.0.